The molecule has 5 nitrogen and oxygen atoms in total. The zero-order valence-corrected chi connectivity index (χ0v) is 11.9. The number of piperidine rings is 1. The number of ether oxygens (including phenoxy) is 1. The van der Waals surface area contributed by atoms with Crippen LogP contribution in [0.15, 0.2) is 0 Å². The van der Waals surface area contributed by atoms with Gasteiger partial charge in [-0.25, -0.2) is 8.42 Å². The molecule has 0 aromatic rings. The second-order valence-electron chi connectivity index (χ2n) is 5.39. The van der Waals surface area contributed by atoms with Gasteiger partial charge in [0, 0.05) is 31.8 Å². The topological polar surface area (TPSA) is 72.6 Å². The summed E-state index contributed by atoms with van der Waals surface area (Å²) in [5.74, 6) is 0. The summed E-state index contributed by atoms with van der Waals surface area (Å²) in [6, 6.07) is -0.119. The Morgan fingerprint density at radius 2 is 1.89 bits per heavy atom. The smallest absolute Gasteiger partial charge is 0.217 e. The number of hydrogen-bond donors (Lipinski definition) is 1. The molecule has 0 saturated carbocycles. The van der Waals surface area contributed by atoms with Gasteiger partial charge in [-0.05, 0) is 32.6 Å². The Hall–Kier alpha value is -0.170. The molecule has 0 aliphatic carbocycles. The summed E-state index contributed by atoms with van der Waals surface area (Å²) in [7, 11) is -3.21. The largest absolute Gasteiger partial charge is 0.381 e. The summed E-state index contributed by atoms with van der Waals surface area (Å²) >= 11 is 0. The van der Waals surface area contributed by atoms with E-state index in [0.29, 0.717) is 32.6 Å². The van der Waals surface area contributed by atoms with E-state index in [4.69, 9.17) is 10.5 Å². The molecule has 2 saturated heterocycles. The standard InChI is InChI=1S/C12H24N2O3S/c1-10(13)12-4-2-3-7-14(12)18(15,16)11-5-8-17-9-6-11/h10-12H,2-9,13H2,1H3. The average molecular weight is 276 g/mol. The summed E-state index contributed by atoms with van der Waals surface area (Å²) in [6.45, 7) is 3.65. The fourth-order valence-corrected chi connectivity index (χ4v) is 5.17. The zero-order chi connectivity index (χ0) is 13.2. The first-order valence-electron chi connectivity index (χ1n) is 6.87. The second kappa shape index (κ2) is 5.86. The lowest BCUT2D eigenvalue weighted by Crippen LogP contribution is -2.54. The van der Waals surface area contributed by atoms with Crippen LogP contribution in [0.1, 0.15) is 39.0 Å². The van der Waals surface area contributed by atoms with Crippen molar-refractivity contribution in [3.8, 4) is 0 Å². The molecular weight excluding hydrogens is 252 g/mol. The molecule has 18 heavy (non-hydrogen) atoms. The number of sulfonamides is 1. The zero-order valence-electron chi connectivity index (χ0n) is 11.0. The first-order valence-corrected chi connectivity index (χ1v) is 8.38. The van der Waals surface area contributed by atoms with E-state index in [1.54, 1.807) is 4.31 Å². The van der Waals surface area contributed by atoms with Crippen LogP contribution in [0, 0.1) is 0 Å². The van der Waals surface area contributed by atoms with E-state index in [-0.39, 0.29) is 17.3 Å². The van der Waals surface area contributed by atoms with E-state index in [1.165, 1.54) is 0 Å². The molecule has 2 aliphatic rings. The van der Waals surface area contributed by atoms with Gasteiger partial charge in [-0.2, -0.15) is 4.31 Å². The van der Waals surface area contributed by atoms with E-state index in [9.17, 15) is 8.42 Å². The molecule has 106 valence electrons. The van der Waals surface area contributed by atoms with Gasteiger partial charge in [0.15, 0.2) is 0 Å². The Labute approximate surface area is 110 Å². The molecule has 0 aromatic carbocycles. The first-order chi connectivity index (χ1) is 8.53. The van der Waals surface area contributed by atoms with E-state index < -0.39 is 10.0 Å². The predicted octanol–water partition coefficient (Wildman–Crippen LogP) is 0.697. The van der Waals surface area contributed by atoms with Crippen molar-refractivity contribution >= 4 is 10.0 Å². The monoisotopic (exact) mass is 276 g/mol. The normalized spacial score (nSPS) is 30.2. The van der Waals surface area contributed by atoms with Crippen LogP contribution in [0.3, 0.4) is 0 Å². The van der Waals surface area contributed by atoms with Gasteiger partial charge in [0.25, 0.3) is 0 Å². The number of nitrogens with zero attached hydrogens (tertiary/aromatic N) is 1. The molecular formula is C12H24N2O3S. The summed E-state index contributed by atoms with van der Waals surface area (Å²) in [5, 5.41) is -0.273. The highest BCUT2D eigenvalue weighted by molar-refractivity contribution is 7.89. The Bertz CT molecular complexity index is 364. The van der Waals surface area contributed by atoms with Crippen LogP contribution in [0.5, 0.6) is 0 Å². The summed E-state index contributed by atoms with van der Waals surface area (Å²) in [5.41, 5.74) is 5.95. The molecule has 0 radical (unpaired) electrons. The Morgan fingerprint density at radius 1 is 1.22 bits per heavy atom. The van der Waals surface area contributed by atoms with Crippen LogP contribution in [-0.4, -0.2) is 49.8 Å². The van der Waals surface area contributed by atoms with Gasteiger partial charge in [0.2, 0.25) is 10.0 Å². The average Bonchev–Trinajstić information content (AvgIpc) is 2.39. The Kier molecular flexibility index (Phi) is 4.64. The lowest BCUT2D eigenvalue weighted by Gasteiger charge is -2.39. The first kappa shape index (κ1) is 14.2. The maximum atomic E-state index is 12.7. The molecule has 0 spiro atoms. The molecule has 2 rings (SSSR count). The third kappa shape index (κ3) is 2.87. The number of rotatable bonds is 3. The van der Waals surface area contributed by atoms with Crippen LogP contribution >= 0.6 is 0 Å². The molecule has 2 heterocycles. The number of hydrogen-bond acceptors (Lipinski definition) is 4. The third-order valence-corrected chi connectivity index (χ3v) is 6.44. The minimum absolute atomic E-state index is 0.0217. The maximum Gasteiger partial charge on any atom is 0.217 e. The summed E-state index contributed by atoms with van der Waals surface area (Å²) in [4.78, 5) is 0. The predicted molar refractivity (Wildman–Crippen MR) is 70.8 cm³/mol. The van der Waals surface area contributed by atoms with Crippen LogP contribution in [0.2, 0.25) is 0 Å². The van der Waals surface area contributed by atoms with Crippen molar-refractivity contribution in [2.45, 2.75) is 56.4 Å². The number of nitrogens with two attached hydrogens (primary N) is 1. The molecule has 2 N–H and O–H groups in total. The van der Waals surface area contributed by atoms with Crippen LogP contribution in [-0.2, 0) is 14.8 Å². The highest BCUT2D eigenvalue weighted by Crippen LogP contribution is 2.27. The molecule has 2 aliphatic heterocycles. The molecule has 2 atom stereocenters. The van der Waals surface area contributed by atoms with Crippen molar-refractivity contribution in [2.75, 3.05) is 19.8 Å². The lowest BCUT2D eigenvalue weighted by atomic mass is 10.00. The third-order valence-electron chi connectivity index (χ3n) is 4.02. The molecule has 0 amide bonds. The van der Waals surface area contributed by atoms with Gasteiger partial charge < -0.3 is 10.5 Å². The van der Waals surface area contributed by atoms with Crippen LogP contribution in [0.4, 0.5) is 0 Å². The molecule has 6 heteroatoms. The van der Waals surface area contributed by atoms with Gasteiger partial charge >= 0.3 is 0 Å². The van der Waals surface area contributed by atoms with Gasteiger partial charge in [-0.3, -0.25) is 0 Å². The van der Waals surface area contributed by atoms with Gasteiger partial charge in [-0.15, -0.1) is 0 Å². The van der Waals surface area contributed by atoms with Crippen molar-refractivity contribution < 1.29 is 13.2 Å². The van der Waals surface area contributed by atoms with Crippen LogP contribution in [0.25, 0.3) is 0 Å². The molecule has 0 bridgehead atoms. The summed E-state index contributed by atoms with van der Waals surface area (Å²) in [6.07, 6.45) is 4.15. The van der Waals surface area contributed by atoms with Crippen molar-refractivity contribution in [1.29, 1.82) is 0 Å². The fraction of sp³-hybridized carbons (Fsp3) is 1.00. The van der Waals surface area contributed by atoms with Crippen molar-refractivity contribution in [3.63, 3.8) is 0 Å². The SMILES string of the molecule is CC(N)C1CCCCN1S(=O)(=O)C1CCOCC1. The highest BCUT2D eigenvalue weighted by Gasteiger charge is 2.39. The van der Waals surface area contributed by atoms with E-state index >= 15 is 0 Å². The molecule has 2 fully saturated rings. The van der Waals surface area contributed by atoms with Gasteiger partial charge in [-0.1, -0.05) is 6.42 Å². The lowest BCUT2D eigenvalue weighted by molar-refractivity contribution is 0.0960. The molecule has 0 aromatic heterocycles. The van der Waals surface area contributed by atoms with Crippen molar-refractivity contribution in [3.05, 3.63) is 0 Å². The highest BCUT2D eigenvalue weighted by atomic mass is 32.2. The summed E-state index contributed by atoms with van der Waals surface area (Å²) < 4.78 is 32.3. The fourth-order valence-electron chi connectivity index (χ4n) is 2.94. The van der Waals surface area contributed by atoms with E-state index in [0.717, 1.165) is 19.3 Å². The van der Waals surface area contributed by atoms with Crippen LogP contribution < -0.4 is 5.73 Å². The van der Waals surface area contributed by atoms with Gasteiger partial charge in [0.05, 0.1) is 5.25 Å². The van der Waals surface area contributed by atoms with Crippen molar-refractivity contribution in [1.82, 2.24) is 4.31 Å². The minimum atomic E-state index is -3.21. The van der Waals surface area contributed by atoms with Gasteiger partial charge in [0.1, 0.15) is 0 Å². The maximum absolute atomic E-state index is 12.7. The van der Waals surface area contributed by atoms with E-state index in [1.807, 2.05) is 6.92 Å². The minimum Gasteiger partial charge on any atom is -0.381 e. The Balaban J connectivity index is 2.15. The second-order valence-corrected chi connectivity index (χ2v) is 7.56. The van der Waals surface area contributed by atoms with Crippen molar-refractivity contribution in [2.24, 2.45) is 5.73 Å². The van der Waals surface area contributed by atoms with E-state index in [2.05, 4.69) is 0 Å². The Morgan fingerprint density at radius 3 is 2.50 bits per heavy atom. The quantitative estimate of drug-likeness (QED) is 0.823. The molecule has 2 unspecified atom stereocenters.